The SMILES string of the molecule is C=C1C=C(C)c2ccc3oc(C(=O)c4cccc(OCCN5CCOCC5)c4)c(-c4ccccc4)c3c2O1. The van der Waals surface area contributed by atoms with Crippen LogP contribution in [0.3, 0.4) is 0 Å². The van der Waals surface area contributed by atoms with Crippen LogP contribution in [0.4, 0.5) is 0 Å². The van der Waals surface area contributed by atoms with Gasteiger partial charge in [0.1, 0.15) is 29.4 Å². The molecule has 2 aliphatic rings. The molecule has 4 aromatic rings. The quantitative estimate of drug-likeness (QED) is 0.272. The van der Waals surface area contributed by atoms with E-state index < -0.39 is 0 Å². The fraction of sp³-hybridized carbons (Fsp3) is 0.219. The Morgan fingerprint density at radius 1 is 1.03 bits per heavy atom. The summed E-state index contributed by atoms with van der Waals surface area (Å²) in [6, 6.07) is 21.0. The van der Waals surface area contributed by atoms with Gasteiger partial charge in [-0.2, -0.15) is 0 Å². The monoisotopic (exact) mass is 507 g/mol. The maximum absolute atomic E-state index is 13.9. The normalized spacial score (nSPS) is 15.6. The number of ketones is 1. The van der Waals surface area contributed by atoms with Crippen molar-refractivity contribution in [2.45, 2.75) is 6.92 Å². The lowest BCUT2D eigenvalue weighted by Gasteiger charge is -2.26. The number of morpholine rings is 1. The second-order valence-electron chi connectivity index (χ2n) is 9.54. The molecule has 6 rings (SSSR count). The molecule has 192 valence electrons. The van der Waals surface area contributed by atoms with Gasteiger partial charge in [0.05, 0.1) is 18.6 Å². The van der Waals surface area contributed by atoms with Crippen molar-refractivity contribution in [1.29, 1.82) is 0 Å². The van der Waals surface area contributed by atoms with Crippen LogP contribution in [0, 0.1) is 0 Å². The minimum Gasteiger partial charge on any atom is -0.492 e. The van der Waals surface area contributed by atoms with Crippen LogP contribution in [-0.2, 0) is 4.74 Å². The summed E-state index contributed by atoms with van der Waals surface area (Å²) in [5.41, 5.74) is 4.68. The van der Waals surface area contributed by atoms with Crippen molar-refractivity contribution >= 4 is 22.3 Å². The molecule has 0 unspecified atom stereocenters. The minimum absolute atomic E-state index is 0.214. The molecule has 0 radical (unpaired) electrons. The van der Waals surface area contributed by atoms with Gasteiger partial charge in [-0.15, -0.1) is 0 Å². The number of benzene rings is 3. The fourth-order valence-electron chi connectivity index (χ4n) is 5.07. The highest BCUT2D eigenvalue weighted by Gasteiger charge is 2.28. The van der Waals surface area contributed by atoms with Crippen molar-refractivity contribution in [3.63, 3.8) is 0 Å². The third kappa shape index (κ3) is 4.64. The zero-order valence-corrected chi connectivity index (χ0v) is 21.4. The van der Waals surface area contributed by atoms with Gasteiger partial charge in [0.25, 0.3) is 0 Å². The number of furan rings is 1. The van der Waals surface area contributed by atoms with Gasteiger partial charge >= 0.3 is 0 Å². The Hall–Kier alpha value is -4.13. The zero-order chi connectivity index (χ0) is 26.1. The van der Waals surface area contributed by atoms with Gasteiger partial charge in [-0.3, -0.25) is 9.69 Å². The van der Waals surface area contributed by atoms with E-state index in [9.17, 15) is 4.79 Å². The van der Waals surface area contributed by atoms with E-state index in [1.807, 2.05) is 67.6 Å². The first kappa shape index (κ1) is 24.2. The molecule has 6 heteroatoms. The minimum atomic E-state index is -0.214. The van der Waals surface area contributed by atoms with E-state index in [0.717, 1.165) is 54.9 Å². The number of hydrogen-bond donors (Lipinski definition) is 0. The highest BCUT2D eigenvalue weighted by Crippen LogP contribution is 2.46. The molecule has 0 spiro atoms. The molecule has 0 atom stereocenters. The van der Waals surface area contributed by atoms with Crippen LogP contribution in [0.25, 0.3) is 27.7 Å². The Morgan fingerprint density at radius 3 is 2.66 bits per heavy atom. The predicted octanol–water partition coefficient (Wildman–Crippen LogP) is 6.35. The van der Waals surface area contributed by atoms with Crippen LogP contribution >= 0.6 is 0 Å². The maximum Gasteiger partial charge on any atom is 0.229 e. The Kier molecular flexibility index (Phi) is 6.58. The van der Waals surface area contributed by atoms with Crippen molar-refractivity contribution in [1.82, 2.24) is 4.90 Å². The topological polar surface area (TPSA) is 61.1 Å². The van der Waals surface area contributed by atoms with E-state index >= 15 is 0 Å². The molecule has 0 saturated carbocycles. The maximum atomic E-state index is 13.9. The molecule has 1 fully saturated rings. The summed E-state index contributed by atoms with van der Waals surface area (Å²) < 4.78 is 23.8. The molecule has 1 aromatic heterocycles. The standard InChI is InChI=1S/C32H29NO5/c1-21-19-22(2)37-31-26(21)11-12-27-29(31)28(23-7-4-3-5-8-23)32(38-27)30(34)24-9-6-10-25(20-24)36-18-15-33-13-16-35-17-14-33/h3-12,19-20H,2,13-18H2,1H3. The summed E-state index contributed by atoms with van der Waals surface area (Å²) in [4.78, 5) is 16.3. The van der Waals surface area contributed by atoms with E-state index in [0.29, 0.717) is 40.6 Å². The molecular formula is C32H29NO5. The average Bonchev–Trinajstić information content (AvgIpc) is 3.34. The molecule has 2 aliphatic heterocycles. The molecule has 38 heavy (non-hydrogen) atoms. The summed E-state index contributed by atoms with van der Waals surface area (Å²) in [5, 5.41) is 0.767. The van der Waals surface area contributed by atoms with Gasteiger partial charge in [0.2, 0.25) is 5.78 Å². The molecule has 3 aromatic carbocycles. The smallest absolute Gasteiger partial charge is 0.229 e. The number of ether oxygens (including phenoxy) is 3. The number of carbonyl (C=O) groups is 1. The Balaban J connectivity index is 1.37. The van der Waals surface area contributed by atoms with E-state index in [2.05, 4.69) is 11.5 Å². The Labute approximate surface area is 221 Å². The summed E-state index contributed by atoms with van der Waals surface area (Å²) in [6.07, 6.45) is 1.91. The zero-order valence-electron chi connectivity index (χ0n) is 21.4. The lowest BCUT2D eigenvalue weighted by Crippen LogP contribution is -2.38. The molecule has 6 nitrogen and oxygen atoms in total. The number of hydrogen-bond acceptors (Lipinski definition) is 6. The van der Waals surface area contributed by atoms with Crippen molar-refractivity contribution < 1.29 is 23.4 Å². The molecular weight excluding hydrogens is 478 g/mol. The average molecular weight is 508 g/mol. The van der Waals surface area contributed by atoms with Crippen LogP contribution in [0.15, 0.2) is 89.6 Å². The van der Waals surface area contributed by atoms with Gasteiger partial charge in [0.15, 0.2) is 5.76 Å². The molecule has 0 aliphatic carbocycles. The number of carbonyl (C=O) groups excluding carboxylic acids is 1. The number of rotatable bonds is 7. The summed E-state index contributed by atoms with van der Waals surface area (Å²) in [7, 11) is 0. The summed E-state index contributed by atoms with van der Waals surface area (Å²) in [5.74, 6) is 1.92. The van der Waals surface area contributed by atoms with Crippen molar-refractivity contribution in [2.24, 2.45) is 0 Å². The van der Waals surface area contributed by atoms with Crippen LogP contribution in [0.2, 0.25) is 0 Å². The number of nitrogens with zero attached hydrogens (tertiary/aromatic N) is 1. The molecule has 0 bridgehead atoms. The first-order chi connectivity index (χ1) is 18.6. The van der Waals surface area contributed by atoms with Crippen molar-refractivity contribution in [3.8, 4) is 22.6 Å². The highest BCUT2D eigenvalue weighted by molar-refractivity contribution is 6.17. The van der Waals surface area contributed by atoms with Crippen molar-refractivity contribution in [2.75, 3.05) is 39.5 Å². The Morgan fingerprint density at radius 2 is 1.84 bits per heavy atom. The molecule has 0 amide bonds. The second kappa shape index (κ2) is 10.3. The van der Waals surface area contributed by atoms with Crippen molar-refractivity contribution in [3.05, 3.63) is 102 Å². The highest BCUT2D eigenvalue weighted by atomic mass is 16.5. The van der Waals surface area contributed by atoms with Crippen LogP contribution in [0.5, 0.6) is 11.5 Å². The Bertz CT molecular complexity index is 1540. The first-order valence-electron chi connectivity index (χ1n) is 12.9. The van der Waals surface area contributed by atoms with Crippen LogP contribution in [0.1, 0.15) is 28.6 Å². The molecule has 1 saturated heterocycles. The van der Waals surface area contributed by atoms with Gasteiger partial charge in [-0.05, 0) is 48.4 Å². The summed E-state index contributed by atoms with van der Waals surface area (Å²) in [6.45, 7) is 10.7. The van der Waals surface area contributed by atoms with Crippen LogP contribution < -0.4 is 9.47 Å². The van der Waals surface area contributed by atoms with E-state index in [-0.39, 0.29) is 11.5 Å². The molecule has 0 N–H and O–H groups in total. The first-order valence-corrected chi connectivity index (χ1v) is 12.9. The fourth-order valence-corrected chi connectivity index (χ4v) is 5.07. The number of allylic oxidation sites excluding steroid dienone is 2. The van der Waals surface area contributed by atoms with E-state index in [1.165, 1.54) is 0 Å². The second-order valence-corrected chi connectivity index (χ2v) is 9.54. The van der Waals surface area contributed by atoms with Gasteiger partial charge in [-0.25, -0.2) is 0 Å². The van der Waals surface area contributed by atoms with Crippen LogP contribution in [-0.4, -0.2) is 50.1 Å². The largest absolute Gasteiger partial charge is 0.492 e. The molecule has 3 heterocycles. The summed E-state index contributed by atoms with van der Waals surface area (Å²) >= 11 is 0. The van der Waals surface area contributed by atoms with Gasteiger partial charge in [-0.1, -0.05) is 49.0 Å². The van der Waals surface area contributed by atoms with Gasteiger partial charge in [0, 0.05) is 36.3 Å². The lowest BCUT2D eigenvalue weighted by atomic mass is 9.94. The van der Waals surface area contributed by atoms with E-state index in [1.54, 1.807) is 12.1 Å². The predicted molar refractivity (Wildman–Crippen MR) is 148 cm³/mol. The lowest BCUT2D eigenvalue weighted by molar-refractivity contribution is 0.0322. The van der Waals surface area contributed by atoms with E-state index in [4.69, 9.17) is 18.6 Å². The number of fused-ring (bicyclic) bond motifs is 3. The third-order valence-corrected chi connectivity index (χ3v) is 6.99. The third-order valence-electron chi connectivity index (χ3n) is 6.99. The van der Waals surface area contributed by atoms with Gasteiger partial charge < -0.3 is 18.6 Å².